The van der Waals surface area contributed by atoms with Gasteiger partial charge in [0.2, 0.25) is 11.8 Å². The Labute approximate surface area is 221 Å². The highest BCUT2D eigenvalue weighted by molar-refractivity contribution is 6.30. The van der Waals surface area contributed by atoms with Crippen LogP contribution in [0.15, 0.2) is 67.3 Å². The fourth-order valence-electron chi connectivity index (χ4n) is 4.35. The molecule has 4 rings (SSSR count). The zero-order valence-electron chi connectivity index (χ0n) is 21.3. The number of benzene rings is 2. The molecule has 2 aromatic carbocycles. The summed E-state index contributed by atoms with van der Waals surface area (Å²) in [5, 5.41) is 4.76. The van der Waals surface area contributed by atoms with Crippen LogP contribution >= 0.6 is 11.6 Å². The summed E-state index contributed by atoms with van der Waals surface area (Å²) < 4.78 is 13.8. The summed E-state index contributed by atoms with van der Waals surface area (Å²) in [5.74, 6) is 0.361. The second-order valence-electron chi connectivity index (χ2n) is 9.81. The molecular weight excluding hydrogens is 494 g/mol. The molecule has 0 radical (unpaired) electrons. The number of amides is 2. The van der Waals surface area contributed by atoms with Crippen LogP contribution in [-0.2, 0) is 26.4 Å². The van der Waals surface area contributed by atoms with Crippen molar-refractivity contribution >= 4 is 23.4 Å². The van der Waals surface area contributed by atoms with E-state index in [0.717, 1.165) is 5.56 Å². The lowest BCUT2D eigenvalue weighted by atomic mass is 9.94. The van der Waals surface area contributed by atoms with Gasteiger partial charge < -0.3 is 19.3 Å². The van der Waals surface area contributed by atoms with Crippen molar-refractivity contribution in [1.29, 1.82) is 0 Å². The minimum Gasteiger partial charge on any atom is -0.490 e. The van der Waals surface area contributed by atoms with Crippen LogP contribution in [0.2, 0.25) is 5.02 Å². The second kappa shape index (κ2) is 11.3. The van der Waals surface area contributed by atoms with Crippen molar-refractivity contribution in [3.05, 3.63) is 77.8 Å². The number of carbonyl (C=O) groups is 2. The molecule has 37 heavy (non-hydrogen) atoms. The van der Waals surface area contributed by atoms with E-state index in [9.17, 15) is 9.59 Å². The maximum atomic E-state index is 13.6. The van der Waals surface area contributed by atoms with E-state index in [0.29, 0.717) is 23.9 Å². The lowest BCUT2D eigenvalue weighted by Gasteiger charge is -2.44. The monoisotopic (exact) mass is 525 g/mol. The molecule has 1 saturated heterocycles. The zero-order valence-corrected chi connectivity index (χ0v) is 22.1. The molecule has 1 atom stereocenters. The molecule has 0 saturated carbocycles. The lowest BCUT2D eigenvalue weighted by molar-refractivity contribution is -0.170. The van der Waals surface area contributed by atoms with Crippen molar-refractivity contribution in [3.63, 3.8) is 0 Å². The Morgan fingerprint density at radius 3 is 2.57 bits per heavy atom. The summed E-state index contributed by atoms with van der Waals surface area (Å²) in [6, 6.07) is 16.8. The van der Waals surface area contributed by atoms with Crippen LogP contribution in [0.3, 0.4) is 0 Å². The van der Waals surface area contributed by atoms with Gasteiger partial charge in [-0.2, -0.15) is 5.10 Å². The first kappa shape index (κ1) is 26.6. The molecule has 3 aromatic rings. The molecule has 196 valence electrons. The quantitative estimate of drug-likeness (QED) is 0.425. The van der Waals surface area contributed by atoms with Crippen molar-refractivity contribution in [2.24, 2.45) is 0 Å². The van der Waals surface area contributed by atoms with E-state index in [1.807, 2.05) is 30.3 Å². The Hall–Kier alpha value is -3.43. The standard InChI is InChI=1S/C27H32ClN5O4/c1-26(2,33-20-29-19-30-33)25(35)32-13-14-37-27(17-32,18-36-23-11-9-22(28)10-12-23)15-24(34)31(3)16-21-7-5-4-6-8-21/h4-12,19-20H,13-18H2,1-3H3. The Morgan fingerprint density at radius 2 is 1.89 bits per heavy atom. The van der Waals surface area contributed by atoms with Crippen molar-refractivity contribution in [1.82, 2.24) is 24.6 Å². The second-order valence-corrected chi connectivity index (χ2v) is 10.2. The van der Waals surface area contributed by atoms with Crippen molar-refractivity contribution < 1.29 is 19.1 Å². The molecule has 1 aromatic heterocycles. The van der Waals surface area contributed by atoms with Gasteiger partial charge in [-0.15, -0.1) is 0 Å². The molecule has 1 aliphatic heterocycles. The minimum absolute atomic E-state index is 0.0530. The van der Waals surface area contributed by atoms with Gasteiger partial charge in [0.1, 0.15) is 36.2 Å². The molecule has 0 bridgehead atoms. The molecule has 0 spiro atoms. The van der Waals surface area contributed by atoms with Crippen LogP contribution in [0.25, 0.3) is 0 Å². The molecule has 0 aliphatic carbocycles. The smallest absolute Gasteiger partial charge is 0.250 e. The van der Waals surface area contributed by atoms with E-state index in [1.165, 1.54) is 17.3 Å². The molecule has 1 aliphatic rings. The summed E-state index contributed by atoms with van der Waals surface area (Å²) in [7, 11) is 1.77. The highest BCUT2D eigenvalue weighted by Crippen LogP contribution is 2.28. The zero-order chi connectivity index (χ0) is 26.5. The molecule has 10 heteroatoms. The highest BCUT2D eigenvalue weighted by atomic mass is 35.5. The van der Waals surface area contributed by atoms with E-state index in [1.54, 1.807) is 55.0 Å². The average molecular weight is 526 g/mol. The number of ether oxygens (including phenoxy) is 2. The Balaban J connectivity index is 1.53. The first-order valence-electron chi connectivity index (χ1n) is 12.1. The fourth-order valence-corrected chi connectivity index (χ4v) is 4.47. The summed E-state index contributed by atoms with van der Waals surface area (Å²) in [4.78, 5) is 34.4. The lowest BCUT2D eigenvalue weighted by Crippen LogP contribution is -2.61. The Kier molecular flexibility index (Phi) is 8.14. The Morgan fingerprint density at radius 1 is 1.16 bits per heavy atom. The highest BCUT2D eigenvalue weighted by Gasteiger charge is 2.45. The predicted molar refractivity (Wildman–Crippen MR) is 139 cm³/mol. The van der Waals surface area contributed by atoms with E-state index < -0.39 is 11.1 Å². The van der Waals surface area contributed by atoms with Crippen LogP contribution in [0, 0.1) is 0 Å². The molecule has 1 unspecified atom stereocenters. The van der Waals surface area contributed by atoms with Gasteiger partial charge in [-0.3, -0.25) is 9.59 Å². The van der Waals surface area contributed by atoms with Gasteiger partial charge in [-0.1, -0.05) is 41.9 Å². The number of morpholine rings is 1. The number of aromatic nitrogens is 3. The first-order chi connectivity index (χ1) is 17.7. The fraction of sp³-hybridized carbons (Fsp3) is 0.407. The van der Waals surface area contributed by atoms with Gasteiger partial charge in [-0.25, -0.2) is 9.67 Å². The molecule has 2 heterocycles. The largest absolute Gasteiger partial charge is 0.490 e. The number of nitrogens with zero attached hydrogens (tertiary/aromatic N) is 5. The van der Waals surface area contributed by atoms with Crippen LogP contribution in [0.4, 0.5) is 0 Å². The molecule has 0 N–H and O–H groups in total. The van der Waals surface area contributed by atoms with Gasteiger partial charge in [0.25, 0.3) is 0 Å². The van der Waals surface area contributed by atoms with Gasteiger partial charge in [0.05, 0.1) is 19.6 Å². The average Bonchev–Trinajstić information content (AvgIpc) is 3.45. The first-order valence-corrected chi connectivity index (χ1v) is 12.5. The van der Waals surface area contributed by atoms with E-state index >= 15 is 0 Å². The van der Waals surface area contributed by atoms with Crippen molar-refractivity contribution in [2.45, 2.75) is 38.0 Å². The van der Waals surface area contributed by atoms with E-state index in [2.05, 4.69) is 10.1 Å². The number of rotatable bonds is 9. The SMILES string of the molecule is CN(Cc1ccccc1)C(=O)CC1(COc2ccc(Cl)cc2)CN(C(=O)C(C)(C)n2cncn2)CCO1. The predicted octanol–water partition coefficient (Wildman–Crippen LogP) is 3.39. The molecule has 9 nitrogen and oxygen atoms in total. The maximum Gasteiger partial charge on any atom is 0.250 e. The molecular formula is C27H32ClN5O4. The Bertz CT molecular complexity index is 1190. The van der Waals surface area contributed by atoms with E-state index in [4.69, 9.17) is 21.1 Å². The van der Waals surface area contributed by atoms with Crippen LogP contribution in [-0.4, -0.2) is 75.3 Å². The third-order valence-electron chi connectivity index (χ3n) is 6.53. The molecule has 1 fully saturated rings. The van der Waals surface area contributed by atoms with Crippen LogP contribution in [0.5, 0.6) is 5.75 Å². The topological polar surface area (TPSA) is 89.8 Å². The van der Waals surface area contributed by atoms with E-state index in [-0.39, 0.29) is 38.0 Å². The van der Waals surface area contributed by atoms with Gasteiger partial charge in [-0.05, 0) is 43.7 Å². The third-order valence-corrected chi connectivity index (χ3v) is 6.78. The summed E-state index contributed by atoms with van der Waals surface area (Å²) in [5.41, 5.74) is -0.959. The number of halogens is 1. The van der Waals surface area contributed by atoms with Crippen LogP contribution in [0.1, 0.15) is 25.8 Å². The summed E-state index contributed by atoms with van der Waals surface area (Å²) >= 11 is 6.01. The summed E-state index contributed by atoms with van der Waals surface area (Å²) in [6.45, 7) is 5.02. The normalized spacial score (nSPS) is 17.9. The van der Waals surface area contributed by atoms with Gasteiger partial charge in [0, 0.05) is 25.2 Å². The van der Waals surface area contributed by atoms with Gasteiger partial charge >= 0.3 is 0 Å². The van der Waals surface area contributed by atoms with Crippen molar-refractivity contribution in [3.8, 4) is 5.75 Å². The van der Waals surface area contributed by atoms with Gasteiger partial charge in [0.15, 0.2) is 0 Å². The third kappa shape index (κ3) is 6.47. The van der Waals surface area contributed by atoms with Crippen LogP contribution < -0.4 is 4.74 Å². The maximum absolute atomic E-state index is 13.6. The number of hydrogen-bond donors (Lipinski definition) is 0. The van der Waals surface area contributed by atoms with Crippen molar-refractivity contribution in [2.75, 3.05) is 33.4 Å². The summed E-state index contributed by atoms with van der Waals surface area (Å²) in [6.07, 6.45) is 2.98. The minimum atomic E-state index is -1.03. The number of carbonyl (C=O) groups excluding carboxylic acids is 2. The number of hydrogen-bond acceptors (Lipinski definition) is 6. The molecule has 2 amide bonds.